The summed E-state index contributed by atoms with van der Waals surface area (Å²) < 4.78 is 1.62. The first-order valence-corrected chi connectivity index (χ1v) is 6.07. The van der Waals surface area contributed by atoms with Crippen molar-refractivity contribution >= 4 is 43.4 Å². The van der Waals surface area contributed by atoms with Crippen molar-refractivity contribution in [1.29, 1.82) is 0 Å². The van der Waals surface area contributed by atoms with E-state index in [1.54, 1.807) is 6.07 Å². The van der Waals surface area contributed by atoms with Crippen LogP contribution in [-0.2, 0) is 4.79 Å². The molecular formula is C11H10Br2O2. The van der Waals surface area contributed by atoms with Gasteiger partial charge in [0.15, 0.2) is 5.78 Å². The first-order valence-electron chi connectivity index (χ1n) is 4.48. The zero-order chi connectivity index (χ0) is 11.4. The molecule has 1 aromatic rings. The summed E-state index contributed by atoms with van der Waals surface area (Å²) in [5.41, 5.74) is 0.616. The highest BCUT2D eigenvalue weighted by molar-refractivity contribution is 9.11. The summed E-state index contributed by atoms with van der Waals surface area (Å²) in [5.74, 6) is 0.0212. The lowest BCUT2D eigenvalue weighted by atomic mass is 10.1. The lowest BCUT2D eigenvalue weighted by molar-refractivity contribution is -0.116. The van der Waals surface area contributed by atoms with Crippen LogP contribution in [0, 0.1) is 0 Å². The molecule has 0 unspecified atom stereocenters. The van der Waals surface area contributed by atoms with Crippen molar-refractivity contribution in [3.8, 4) is 0 Å². The van der Waals surface area contributed by atoms with Crippen molar-refractivity contribution in [2.24, 2.45) is 0 Å². The molecule has 0 aromatic heterocycles. The maximum Gasteiger partial charge on any atom is 0.164 e. The van der Waals surface area contributed by atoms with Crippen LogP contribution in [0.4, 0.5) is 0 Å². The molecule has 4 heteroatoms. The second-order valence-electron chi connectivity index (χ2n) is 3.25. The molecule has 1 rings (SSSR count). The minimum absolute atomic E-state index is 0.0154. The van der Waals surface area contributed by atoms with E-state index in [-0.39, 0.29) is 18.0 Å². The van der Waals surface area contributed by atoms with Crippen molar-refractivity contribution in [1.82, 2.24) is 0 Å². The highest BCUT2D eigenvalue weighted by atomic mass is 79.9. The van der Waals surface area contributed by atoms with E-state index in [0.717, 1.165) is 8.95 Å². The van der Waals surface area contributed by atoms with E-state index in [0.29, 0.717) is 12.0 Å². The van der Waals surface area contributed by atoms with E-state index in [9.17, 15) is 9.59 Å². The van der Waals surface area contributed by atoms with E-state index < -0.39 is 0 Å². The van der Waals surface area contributed by atoms with Gasteiger partial charge in [0.2, 0.25) is 0 Å². The third-order valence-corrected chi connectivity index (χ3v) is 3.12. The summed E-state index contributed by atoms with van der Waals surface area (Å²) in [6, 6.07) is 5.42. The van der Waals surface area contributed by atoms with Crippen LogP contribution in [-0.4, -0.2) is 11.6 Å². The van der Waals surface area contributed by atoms with E-state index in [4.69, 9.17) is 0 Å². The Morgan fingerprint density at radius 3 is 2.47 bits per heavy atom. The molecule has 15 heavy (non-hydrogen) atoms. The zero-order valence-corrected chi connectivity index (χ0v) is 11.4. The third-order valence-electron chi connectivity index (χ3n) is 1.93. The van der Waals surface area contributed by atoms with Crippen LogP contribution in [0.2, 0.25) is 0 Å². The largest absolute Gasteiger partial charge is 0.300 e. The summed E-state index contributed by atoms with van der Waals surface area (Å²) >= 11 is 6.62. The van der Waals surface area contributed by atoms with Gasteiger partial charge < -0.3 is 4.79 Å². The molecule has 0 aliphatic carbocycles. The minimum atomic E-state index is -0.0154. The molecule has 0 saturated carbocycles. The standard InChI is InChI=1S/C11H10Br2O2/c1-7(14)2-5-11(15)9-6-8(12)3-4-10(9)13/h3-4,6H,2,5H2,1H3. The Morgan fingerprint density at radius 2 is 1.87 bits per heavy atom. The molecule has 0 N–H and O–H groups in total. The number of carbonyl (C=O) groups is 2. The number of hydrogen-bond donors (Lipinski definition) is 0. The monoisotopic (exact) mass is 332 g/mol. The molecule has 0 amide bonds. The summed E-state index contributed by atoms with van der Waals surface area (Å²) in [5, 5.41) is 0. The highest BCUT2D eigenvalue weighted by Gasteiger charge is 2.11. The number of ketones is 2. The molecule has 0 radical (unpaired) electrons. The fourth-order valence-corrected chi connectivity index (χ4v) is 1.96. The highest BCUT2D eigenvalue weighted by Crippen LogP contribution is 2.23. The third kappa shape index (κ3) is 3.87. The van der Waals surface area contributed by atoms with Gasteiger partial charge in [0.25, 0.3) is 0 Å². The van der Waals surface area contributed by atoms with Gasteiger partial charge in [-0.05, 0) is 25.1 Å². The SMILES string of the molecule is CC(=O)CCC(=O)c1cc(Br)ccc1Br. The normalized spacial score (nSPS) is 10.1. The van der Waals surface area contributed by atoms with Crippen molar-refractivity contribution in [2.45, 2.75) is 19.8 Å². The zero-order valence-electron chi connectivity index (χ0n) is 8.22. The van der Waals surface area contributed by atoms with Gasteiger partial charge in [0.05, 0.1) is 0 Å². The molecular weight excluding hydrogens is 324 g/mol. The van der Waals surface area contributed by atoms with Crippen LogP contribution >= 0.6 is 31.9 Å². The lowest BCUT2D eigenvalue weighted by Gasteiger charge is -2.03. The number of benzene rings is 1. The van der Waals surface area contributed by atoms with Crippen LogP contribution in [0.5, 0.6) is 0 Å². The van der Waals surface area contributed by atoms with E-state index in [1.807, 2.05) is 12.1 Å². The van der Waals surface area contributed by atoms with Crippen LogP contribution in [0.3, 0.4) is 0 Å². The molecule has 0 aliphatic heterocycles. The number of Topliss-reactive ketones (excluding diaryl/α,β-unsaturated/α-hetero) is 2. The number of hydrogen-bond acceptors (Lipinski definition) is 2. The van der Waals surface area contributed by atoms with E-state index in [2.05, 4.69) is 31.9 Å². The van der Waals surface area contributed by atoms with Gasteiger partial charge in [-0.25, -0.2) is 0 Å². The average Bonchev–Trinajstić information content (AvgIpc) is 2.18. The second kappa shape index (κ2) is 5.56. The van der Waals surface area contributed by atoms with Crippen LogP contribution in [0.25, 0.3) is 0 Å². The number of carbonyl (C=O) groups excluding carboxylic acids is 2. The van der Waals surface area contributed by atoms with Gasteiger partial charge in [-0.3, -0.25) is 4.79 Å². The first kappa shape index (κ1) is 12.6. The molecule has 0 fully saturated rings. The molecule has 0 spiro atoms. The summed E-state index contributed by atoms with van der Waals surface area (Å²) in [4.78, 5) is 22.5. The van der Waals surface area contributed by atoms with E-state index in [1.165, 1.54) is 6.92 Å². The van der Waals surface area contributed by atoms with Gasteiger partial charge in [-0.2, -0.15) is 0 Å². The maximum absolute atomic E-state index is 11.7. The Balaban J connectivity index is 2.81. The van der Waals surface area contributed by atoms with Gasteiger partial charge in [-0.15, -0.1) is 0 Å². The predicted octanol–water partition coefficient (Wildman–Crippen LogP) is 3.76. The molecule has 0 aliphatic rings. The average molecular weight is 334 g/mol. The van der Waals surface area contributed by atoms with Gasteiger partial charge in [-0.1, -0.05) is 31.9 Å². The van der Waals surface area contributed by atoms with Crippen LogP contribution < -0.4 is 0 Å². The first-order chi connectivity index (χ1) is 7.00. The van der Waals surface area contributed by atoms with Gasteiger partial charge >= 0.3 is 0 Å². The van der Waals surface area contributed by atoms with Crippen LogP contribution in [0.15, 0.2) is 27.1 Å². The number of halogens is 2. The fraction of sp³-hybridized carbons (Fsp3) is 0.273. The lowest BCUT2D eigenvalue weighted by Crippen LogP contribution is -2.03. The Kier molecular flexibility index (Phi) is 4.67. The molecule has 0 heterocycles. The minimum Gasteiger partial charge on any atom is -0.300 e. The molecule has 80 valence electrons. The fourth-order valence-electron chi connectivity index (χ4n) is 1.14. The van der Waals surface area contributed by atoms with Crippen molar-refractivity contribution in [2.75, 3.05) is 0 Å². The molecule has 0 bridgehead atoms. The molecule has 1 aromatic carbocycles. The Morgan fingerprint density at radius 1 is 1.20 bits per heavy atom. The maximum atomic E-state index is 11.7. The smallest absolute Gasteiger partial charge is 0.164 e. The Labute approximate surface area is 105 Å². The molecule has 2 nitrogen and oxygen atoms in total. The summed E-state index contributed by atoms with van der Waals surface area (Å²) in [6.07, 6.45) is 0.572. The topological polar surface area (TPSA) is 34.1 Å². The van der Waals surface area contributed by atoms with Crippen molar-refractivity contribution < 1.29 is 9.59 Å². The number of rotatable bonds is 4. The van der Waals surface area contributed by atoms with Gasteiger partial charge in [0.1, 0.15) is 5.78 Å². The van der Waals surface area contributed by atoms with Gasteiger partial charge in [0, 0.05) is 27.4 Å². The summed E-state index contributed by atoms with van der Waals surface area (Å²) in [6.45, 7) is 1.49. The van der Waals surface area contributed by atoms with E-state index >= 15 is 0 Å². The van der Waals surface area contributed by atoms with Crippen molar-refractivity contribution in [3.63, 3.8) is 0 Å². The summed E-state index contributed by atoms with van der Waals surface area (Å²) in [7, 11) is 0. The predicted molar refractivity (Wildman–Crippen MR) is 66.1 cm³/mol. The van der Waals surface area contributed by atoms with Crippen molar-refractivity contribution in [3.05, 3.63) is 32.7 Å². The second-order valence-corrected chi connectivity index (χ2v) is 5.02. The van der Waals surface area contributed by atoms with Crippen LogP contribution in [0.1, 0.15) is 30.1 Å². The Bertz CT molecular complexity index is 400. The quantitative estimate of drug-likeness (QED) is 0.786. The molecule has 0 saturated heterocycles. The Hall–Kier alpha value is -0.480. The molecule has 0 atom stereocenters.